The first-order valence-electron chi connectivity index (χ1n) is 6.11. The molecule has 2 aromatic carbocycles. The molecular weight excluding hydrogens is 318 g/mol. The first kappa shape index (κ1) is 15.6. The van der Waals surface area contributed by atoms with Crippen molar-refractivity contribution in [1.29, 1.82) is 0 Å². The second kappa shape index (κ2) is 6.78. The zero-order chi connectivity index (χ0) is 15.4. The quantitative estimate of drug-likeness (QED) is 0.732. The first-order chi connectivity index (χ1) is 10.0. The Balaban J connectivity index is 2.40. The number of halogens is 3. The van der Waals surface area contributed by atoms with Crippen molar-refractivity contribution in [3.63, 3.8) is 0 Å². The van der Waals surface area contributed by atoms with Crippen molar-refractivity contribution in [3.05, 3.63) is 57.8 Å². The minimum absolute atomic E-state index is 0.0117. The highest BCUT2D eigenvalue weighted by Crippen LogP contribution is 2.34. The molecule has 0 fully saturated rings. The number of hydrogen-bond acceptors (Lipinski definition) is 3. The molecule has 0 aromatic heterocycles. The summed E-state index contributed by atoms with van der Waals surface area (Å²) in [5.74, 6) is -0.917. The molecule has 0 aliphatic rings. The van der Waals surface area contributed by atoms with Crippen LogP contribution in [0.2, 0.25) is 10.0 Å². The van der Waals surface area contributed by atoms with Crippen LogP contribution in [0.3, 0.4) is 0 Å². The van der Waals surface area contributed by atoms with Crippen molar-refractivity contribution in [2.45, 2.75) is 6.92 Å². The molecule has 0 saturated carbocycles. The van der Waals surface area contributed by atoms with E-state index in [4.69, 9.17) is 32.7 Å². The third-order valence-electron chi connectivity index (χ3n) is 2.55. The molecule has 2 aromatic rings. The summed E-state index contributed by atoms with van der Waals surface area (Å²) < 4.78 is 23.8. The van der Waals surface area contributed by atoms with Crippen LogP contribution < -0.4 is 4.74 Å². The summed E-state index contributed by atoms with van der Waals surface area (Å²) in [6.45, 7) is 1.88. The summed E-state index contributed by atoms with van der Waals surface area (Å²) in [4.78, 5) is 11.8. The van der Waals surface area contributed by atoms with Gasteiger partial charge < -0.3 is 9.47 Å². The lowest BCUT2D eigenvalue weighted by atomic mass is 10.2. The van der Waals surface area contributed by atoms with E-state index >= 15 is 0 Å². The van der Waals surface area contributed by atoms with E-state index in [0.717, 1.165) is 12.1 Å². The highest BCUT2D eigenvalue weighted by atomic mass is 35.5. The first-order valence-corrected chi connectivity index (χ1v) is 6.86. The Morgan fingerprint density at radius 1 is 1.14 bits per heavy atom. The minimum Gasteiger partial charge on any atom is -0.462 e. The van der Waals surface area contributed by atoms with Crippen molar-refractivity contribution < 1.29 is 18.7 Å². The monoisotopic (exact) mass is 328 g/mol. The Morgan fingerprint density at radius 3 is 2.62 bits per heavy atom. The lowest BCUT2D eigenvalue weighted by molar-refractivity contribution is 0.0523. The van der Waals surface area contributed by atoms with Gasteiger partial charge in [0.2, 0.25) is 0 Å². The van der Waals surface area contributed by atoms with E-state index in [1.807, 2.05) is 0 Å². The van der Waals surface area contributed by atoms with Crippen molar-refractivity contribution >= 4 is 29.2 Å². The highest BCUT2D eigenvalue weighted by molar-refractivity contribution is 6.34. The average molecular weight is 329 g/mol. The van der Waals surface area contributed by atoms with Crippen LogP contribution in [0.4, 0.5) is 4.39 Å². The molecule has 110 valence electrons. The van der Waals surface area contributed by atoms with E-state index < -0.39 is 11.8 Å². The van der Waals surface area contributed by atoms with E-state index in [0.29, 0.717) is 10.0 Å². The molecule has 0 unspecified atom stereocenters. The normalized spacial score (nSPS) is 10.3. The SMILES string of the molecule is CCOC(=O)c1ccc(F)cc1Oc1cc(Cl)ccc1Cl. The van der Waals surface area contributed by atoms with Gasteiger partial charge in [-0.15, -0.1) is 0 Å². The molecule has 0 spiro atoms. The Morgan fingerprint density at radius 2 is 1.90 bits per heavy atom. The zero-order valence-electron chi connectivity index (χ0n) is 11.0. The Labute approximate surface area is 131 Å². The smallest absolute Gasteiger partial charge is 0.341 e. The molecule has 0 atom stereocenters. The van der Waals surface area contributed by atoms with Crippen LogP contribution in [0.15, 0.2) is 36.4 Å². The standard InChI is InChI=1S/C15H11Cl2FO3/c1-2-20-15(19)11-5-4-10(18)8-13(11)21-14-7-9(16)3-6-12(14)17/h3-8H,2H2,1H3. The third-order valence-corrected chi connectivity index (χ3v) is 3.10. The summed E-state index contributed by atoms with van der Waals surface area (Å²) in [5.41, 5.74) is 0.106. The average Bonchev–Trinajstić information content (AvgIpc) is 2.43. The number of rotatable bonds is 4. The maximum Gasteiger partial charge on any atom is 0.341 e. The topological polar surface area (TPSA) is 35.5 Å². The van der Waals surface area contributed by atoms with Crippen LogP contribution in [0.1, 0.15) is 17.3 Å². The predicted molar refractivity (Wildman–Crippen MR) is 78.9 cm³/mol. The minimum atomic E-state index is -0.606. The maximum atomic E-state index is 13.4. The molecule has 0 heterocycles. The van der Waals surface area contributed by atoms with E-state index in [-0.39, 0.29) is 23.7 Å². The molecule has 0 bridgehead atoms. The Hall–Kier alpha value is -1.78. The summed E-state index contributed by atoms with van der Waals surface area (Å²) >= 11 is 11.8. The van der Waals surface area contributed by atoms with Crippen LogP contribution in [-0.2, 0) is 4.74 Å². The molecule has 0 saturated heterocycles. The van der Waals surface area contributed by atoms with E-state index in [1.165, 1.54) is 12.1 Å². The number of benzene rings is 2. The van der Waals surface area contributed by atoms with Crippen LogP contribution in [0.5, 0.6) is 11.5 Å². The van der Waals surface area contributed by atoms with E-state index in [2.05, 4.69) is 0 Å². The maximum absolute atomic E-state index is 13.4. The molecule has 3 nitrogen and oxygen atoms in total. The van der Waals surface area contributed by atoms with Gasteiger partial charge in [-0.05, 0) is 31.2 Å². The predicted octanol–water partition coefficient (Wildman–Crippen LogP) is 5.10. The van der Waals surface area contributed by atoms with E-state index in [1.54, 1.807) is 19.1 Å². The lowest BCUT2D eigenvalue weighted by Crippen LogP contribution is -2.06. The van der Waals surface area contributed by atoms with Crippen LogP contribution in [0, 0.1) is 5.82 Å². The van der Waals surface area contributed by atoms with Crippen LogP contribution in [0.25, 0.3) is 0 Å². The van der Waals surface area contributed by atoms with Crippen molar-refractivity contribution in [2.75, 3.05) is 6.61 Å². The third kappa shape index (κ3) is 3.86. The van der Waals surface area contributed by atoms with Gasteiger partial charge in [0.25, 0.3) is 0 Å². The largest absolute Gasteiger partial charge is 0.462 e. The van der Waals surface area contributed by atoms with E-state index in [9.17, 15) is 9.18 Å². The number of hydrogen-bond donors (Lipinski definition) is 0. The van der Waals surface area contributed by atoms with Crippen LogP contribution >= 0.6 is 23.2 Å². The lowest BCUT2D eigenvalue weighted by Gasteiger charge is -2.12. The summed E-state index contributed by atoms with van der Waals surface area (Å²) in [6, 6.07) is 8.14. The van der Waals surface area contributed by atoms with Crippen molar-refractivity contribution in [1.82, 2.24) is 0 Å². The van der Waals surface area contributed by atoms with Gasteiger partial charge in [-0.25, -0.2) is 9.18 Å². The number of esters is 1. The van der Waals surface area contributed by atoms with Gasteiger partial charge in [-0.3, -0.25) is 0 Å². The molecule has 0 aliphatic heterocycles. The molecule has 0 radical (unpaired) electrons. The molecule has 2 rings (SSSR count). The zero-order valence-corrected chi connectivity index (χ0v) is 12.5. The summed E-state index contributed by atoms with van der Waals surface area (Å²) in [6.07, 6.45) is 0. The summed E-state index contributed by atoms with van der Waals surface area (Å²) in [5, 5.41) is 0.696. The van der Waals surface area contributed by atoms with Gasteiger partial charge in [-0.1, -0.05) is 23.2 Å². The van der Waals surface area contributed by atoms with Gasteiger partial charge in [0.1, 0.15) is 22.9 Å². The second-order valence-corrected chi connectivity index (χ2v) is 4.88. The van der Waals surface area contributed by atoms with Crippen molar-refractivity contribution in [2.24, 2.45) is 0 Å². The summed E-state index contributed by atoms with van der Waals surface area (Å²) in [7, 11) is 0. The van der Waals surface area contributed by atoms with Gasteiger partial charge >= 0.3 is 5.97 Å². The van der Waals surface area contributed by atoms with Gasteiger partial charge in [0.15, 0.2) is 0 Å². The molecule has 0 aliphatic carbocycles. The fourth-order valence-electron chi connectivity index (χ4n) is 1.63. The van der Waals surface area contributed by atoms with Gasteiger partial charge in [0.05, 0.1) is 11.6 Å². The number of carbonyl (C=O) groups is 1. The highest BCUT2D eigenvalue weighted by Gasteiger charge is 2.16. The van der Waals surface area contributed by atoms with Crippen LogP contribution in [-0.4, -0.2) is 12.6 Å². The number of ether oxygens (including phenoxy) is 2. The fraction of sp³-hybridized carbons (Fsp3) is 0.133. The van der Waals surface area contributed by atoms with Gasteiger partial charge in [-0.2, -0.15) is 0 Å². The Bertz CT molecular complexity index is 674. The molecular formula is C15H11Cl2FO3. The number of carbonyl (C=O) groups excluding carboxylic acids is 1. The molecule has 6 heteroatoms. The Kier molecular flexibility index (Phi) is 5.04. The fourth-order valence-corrected chi connectivity index (χ4v) is 1.95. The second-order valence-electron chi connectivity index (χ2n) is 4.04. The molecule has 21 heavy (non-hydrogen) atoms. The van der Waals surface area contributed by atoms with Gasteiger partial charge in [0, 0.05) is 17.2 Å². The molecule has 0 amide bonds. The van der Waals surface area contributed by atoms with Crippen molar-refractivity contribution in [3.8, 4) is 11.5 Å². The molecule has 0 N–H and O–H groups in total.